The summed E-state index contributed by atoms with van der Waals surface area (Å²) in [5.74, 6) is -6.16. The van der Waals surface area contributed by atoms with Crippen LogP contribution in [0.15, 0.2) is 0 Å². The SMILES string of the molecule is COC(=O)C1C2CC3C(OC(=O)C31)C2OC(=O)C(=O)O. The lowest BCUT2D eigenvalue weighted by molar-refractivity contribution is -0.175. The van der Waals surface area contributed by atoms with Crippen molar-refractivity contribution >= 4 is 23.9 Å². The van der Waals surface area contributed by atoms with Crippen molar-refractivity contribution < 1.29 is 38.5 Å². The molecule has 6 atom stereocenters. The van der Waals surface area contributed by atoms with Crippen LogP contribution in [0.4, 0.5) is 0 Å². The molecule has 108 valence electrons. The fourth-order valence-electron chi connectivity index (χ4n) is 3.78. The summed E-state index contributed by atoms with van der Waals surface area (Å²) in [5.41, 5.74) is 0. The fourth-order valence-corrected chi connectivity index (χ4v) is 3.78. The van der Waals surface area contributed by atoms with Gasteiger partial charge in [0.05, 0.1) is 18.9 Å². The molecular formula is C12H12O8. The van der Waals surface area contributed by atoms with Crippen LogP contribution in [0.25, 0.3) is 0 Å². The zero-order chi connectivity index (χ0) is 14.6. The van der Waals surface area contributed by atoms with Gasteiger partial charge < -0.3 is 19.3 Å². The largest absolute Gasteiger partial charge is 0.473 e. The second-order valence-electron chi connectivity index (χ2n) is 5.21. The average Bonchev–Trinajstić information content (AvgIpc) is 3.00. The molecule has 1 aliphatic heterocycles. The Bertz CT molecular complexity index is 512. The van der Waals surface area contributed by atoms with Crippen LogP contribution in [-0.4, -0.2) is 48.3 Å². The molecule has 0 spiro atoms. The van der Waals surface area contributed by atoms with Gasteiger partial charge in [0, 0.05) is 11.8 Å². The first-order valence-corrected chi connectivity index (χ1v) is 6.18. The van der Waals surface area contributed by atoms with Gasteiger partial charge in [-0.05, 0) is 6.42 Å². The maximum atomic E-state index is 11.8. The molecule has 0 aromatic rings. The molecule has 1 saturated heterocycles. The number of hydrogen-bond acceptors (Lipinski definition) is 7. The number of ether oxygens (including phenoxy) is 3. The van der Waals surface area contributed by atoms with Gasteiger partial charge in [-0.1, -0.05) is 0 Å². The Morgan fingerprint density at radius 1 is 1.30 bits per heavy atom. The maximum absolute atomic E-state index is 11.8. The van der Waals surface area contributed by atoms with Crippen LogP contribution in [0.5, 0.6) is 0 Å². The minimum Gasteiger partial charge on any atom is -0.473 e. The van der Waals surface area contributed by atoms with E-state index < -0.39 is 53.8 Å². The minimum atomic E-state index is -1.72. The van der Waals surface area contributed by atoms with Crippen LogP contribution < -0.4 is 0 Å². The van der Waals surface area contributed by atoms with Crippen LogP contribution in [0.3, 0.4) is 0 Å². The van der Waals surface area contributed by atoms with Crippen LogP contribution in [0.1, 0.15) is 6.42 Å². The van der Waals surface area contributed by atoms with Crippen molar-refractivity contribution in [3.8, 4) is 0 Å². The van der Waals surface area contributed by atoms with Crippen LogP contribution in [0, 0.1) is 23.7 Å². The predicted molar refractivity (Wildman–Crippen MR) is 58.0 cm³/mol. The highest BCUT2D eigenvalue weighted by Gasteiger charge is 2.70. The lowest BCUT2D eigenvalue weighted by atomic mass is 9.78. The number of carboxylic acid groups (broad SMARTS) is 1. The number of carbonyl (C=O) groups excluding carboxylic acids is 3. The average molecular weight is 284 g/mol. The number of carboxylic acids is 1. The van der Waals surface area contributed by atoms with Gasteiger partial charge in [0.25, 0.3) is 0 Å². The first-order chi connectivity index (χ1) is 9.45. The van der Waals surface area contributed by atoms with Gasteiger partial charge in [0.2, 0.25) is 0 Å². The molecule has 0 aromatic heterocycles. The molecule has 2 aliphatic carbocycles. The third kappa shape index (κ3) is 1.53. The normalized spacial score (nSPS) is 40.4. The summed E-state index contributed by atoms with van der Waals surface area (Å²) in [7, 11) is 1.21. The van der Waals surface area contributed by atoms with Crippen molar-refractivity contribution in [2.24, 2.45) is 23.7 Å². The summed E-state index contributed by atoms with van der Waals surface area (Å²) in [6, 6.07) is 0. The summed E-state index contributed by atoms with van der Waals surface area (Å²) >= 11 is 0. The topological polar surface area (TPSA) is 116 Å². The highest BCUT2D eigenvalue weighted by atomic mass is 16.6. The molecule has 0 aromatic carbocycles. The second kappa shape index (κ2) is 4.19. The third-order valence-corrected chi connectivity index (χ3v) is 4.44. The second-order valence-corrected chi connectivity index (χ2v) is 5.21. The summed E-state index contributed by atoms with van der Waals surface area (Å²) in [6.07, 6.45) is -1.06. The fraction of sp³-hybridized carbons (Fsp3) is 0.667. The summed E-state index contributed by atoms with van der Waals surface area (Å²) < 4.78 is 14.7. The molecule has 20 heavy (non-hydrogen) atoms. The van der Waals surface area contributed by atoms with Crippen molar-refractivity contribution in [1.82, 2.24) is 0 Å². The molecule has 2 saturated carbocycles. The Balaban J connectivity index is 1.88. The minimum absolute atomic E-state index is 0.219. The van der Waals surface area contributed by atoms with Crippen LogP contribution >= 0.6 is 0 Å². The Hall–Kier alpha value is -2.12. The third-order valence-electron chi connectivity index (χ3n) is 4.44. The number of hydrogen-bond donors (Lipinski definition) is 1. The van der Waals surface area contributed by atoms with Crippen molar-refractivity contribution in [1.29, 1.82) is 0 Å². The number of fused-ring (bicyclic) bond motifs is 1. The number of rotatable bonds is 2. The molecule has 3 aliphatic rings. The van der Waals surface area contributed by atoms with E-state index in [1.54, 1.807) is 0 Å². The zero-order valence-electron chi connectivity index (χ0n) is 10.5. The monoisotopic (exact) mass is 284 g/mol. The molecule has 2 bridgehead atoms. The first-order valence-electron chi connectivity index (χ1n) is 6.18. The number of methoxy groups -OCH3 is 1. The standard InChI is InChI=1S/C12H12O8/c1-18-10(15)5-3-2-4-6(5)11(16)19-7(4)8(3)20-12(17)9(13)14/h3-8H,2H2,1H3,(H,13,14). The molecule has 3 rings (SSSR count). The maximum Gasteiger partial charge on any atom is 0.417 e. The van der Waals surface area contributed by atoms with E-state index in [-0.39, 0.29) is 5.92 Å². The van der Waals surface area contributed by atoms with Gasteiger partial charge in [0.15, 0.2) is 0 Å². The van der Waals surface area contributed by atoms with Crippen molar-refractivity contribution in [2.75, 3.05) is 7.11 Å². The van der Waals surface area contributed by atoms with Gasteiger partial charge in [0.1, 0.15) is 12.2 Å². The number of carbonyl (C=O) groups is 4. The molecule has 1 N–H and O–H groups in total. The van der Waals surface area contributed by atoms with E-state index in [0.29, 0.717) is 6.42 Å². The Kier molecular flexibility index (Phi) is 2.70. The van der Waals surface area contributed by atoms with Crippen molar-refractivity contribution in [3.05, 3.63) is 0 Å². The Labute approximate surface area is 113 Å². The quantitative estimate of drug-likeness (QED) is 0.388. The van der Waals surface area contributed by atoms with E-state index >= 15 is 0 Å². The lowest BCUT2D eigenvalue weighted by Gasteiger charge is -2.29. The lowest BCUT2D eigenvalue weighted by Crippen LogP contribution is -2.44. The molecule has 0 amide bonds. The predicted octanol–water partition coefficient (Wildman–Crippen LogP) is -1.04. The van der Waals surface area contributed by atoms with Crippen molar-refractivity contribution in [3.63, 3.8) is 0 Å². The summed E-state index contributed by atoms with van der Waals surface area (Å²) in [6.45, 7) is 0. The van der Waals surface area contributed by atoms with E-state index in [0.717, 1.165) is 0 Å². The highest BCUT2D eigenvalue weighted by molar-refractivity contribution is 6.28. The molecule has 1 heterocycles. The molecule has 0 radical (unpaired) electrons. The molecule has 3 fully saturated rings. The summed E-state index contributed by atoms with van der Waals surface area (Å²) in [4.78, 5) is 45.4. The first kappa shape index (κ1) is 12.9. The van der Waals surface area contributed by atoms with Gasteiger partial charge in [-0.3, -0.25) is 9.59 Å². The van der Waals surface area contributed by atoms with Crippen LogP contribution in [-0.2, 0) is 33.4 Å². The Morgan fingerprint density at radius 2 is 2.00 bits per heavy atom. The van der Waals surface area contributed by atoms with E-state index in [2.05, 4.69) is 4.74 Å². The highest BCUT2D eigenvalue weighted by Crippen LogP contribution is 2.58. The molecule has 8 heteroatoms. The van der Waals surface area contributed by atoms with Crippen LogP contribution in [0.2, 0.25) is 0 Å². The van der Waals surface area contributed by atoms with E-state index in [9.17, 15) is 19.2 Å². The molecular weight excluding hydrogens is 272 g/mol. The van der Waals surface area contributed by atoms with E-state index in [1.807, 2.05) is 0 Å². The van der Waals surface area contributed by atoms with E-state index in [4.69, 9.17) is 14.6 Å². The van der Waals surface area contributed by atoms with Gasteiger partial charge in [-0.15, -0.1) is 0 Å². The smallest absolute Gasteiger partial charge is 0.417 e. The molecule has 8 nitrogen and oxygen atoms in total. The number of aliphatic carboxylic acids is 1. The molecule has 6 unspecified atom stereocenters. The summed E-state index contributed by atoms with van der Waals surface area (Å²) in [5, 5.41) is 8.58. The van der Waals surface area contributed by atoms with Gasteiger partial charge in [-0.25, -0.2) is 9.59 Å². The van der Waals surface area contributed by atoms with E-state index in [1.165, 1.54) is 7.11 Å². The Morgan fingerprint density at radius 3 is 2.60 bits per heavy atom. The van der Waals surface area contributed by atoms with Gasteiger partial charge in [-0.2, -0.15) is 0 Å². The zero-order valence-corrected chi connectivity index (χ0v) is 10.5. The number of esters is 3. The van der Waals surface area contributed by atoms with Crippen molar-refractivity contribution in [2.45, 2.75) is 18.6 Å². The van der Waals surface area contributed by atoms with Gasteiger partial charge >= 0.3 is 23.9 Å².